The van der Waals surface area contributed by atoms with E-state index in [1.807, 2.05) is 0 Å². The second-order valence-electron chi connectivity index (χ2n) is 4.19. The van der Waals surface area contributed by atoms with Crippen LogP contribution in [0.3, 0.4) is 0 Å². The Morgan fingerprint density at radius 3 is 2.47 bits per heavy atom. The van der Waals surface area contributed by atoms with Gasteiger partial charge in [-0.3, -0.25) is 9.48 Å². The van der Waals surface area contributed by atoms with Gasteiger partial charge in [-0.15, -0.1) is 0 Å². The number of halogens is 5. The van der Waals surface area contributed by atoms with Crippen molar-refractivity contribution in [1.29, 1.82) is 0 Å². The van der Waals surface area contributed by atoms with Gasteiger partial charge < -0.3 is 5.32 Å². The molecular weight excluding hydrogens is 290 g/mol. The molecule has 0 saturated heterocycles. The van der Waals surface area contributed by atoms with Crippen LogP contribution in [0.15, 0.2) is 0 Å². The molecule has 0 bridgehead atoms. The van der Waals surface area contributed by atoms with Gasteiger partial charge in [0, 0.05) is 6.04 Å². The number of nitrogens with zero attached hydrogens (tertiary/aromatic N) is 2. The Kier molecular flexibility index (Phi) is 3.98. The molecule has 0 atom stereocenters. The summed E-state index contributed by atoms with van der Waals surface area (Å²) >= 11 is 5.45. The third-order valence-electron chi connectivity index (χ3n) is 2.61. The maximum Gasteiger partial charge on any atom is 0.283 e. The van der Waals surface area contributed by atoms with Crippen LogP contribution in [0.5, 0.6) is 0 Å². The molecule has 9 heteroatoms. The van der Waals surface area contributed by atoms with Crippen LogP contribution in [-0.2, 0) is 11.3 Å². The van der Waals surface area contributed by atoms with Gasteiger partial charge in [0.2, 0.25) is 5.91 Å². The van der Waals surface area contributed by atoms with Gasteiger partial charge in [-0.05, 0) is 12.8 Å². The largest absolute Gasteiger partial charge is 0.352 e. The number of hydrogen-bond donors (Lipinski definition) is 1. The number of carbonyl (C=O) groups excluding carboxylic acids is 1. The number of hydrogen-bond acceptors (Lipinski definition) is 2. The lowest BCUT2D eigenvalue weighted by molar-refractivity contribution is -0.122. The van der Waals surface area contributed by atoms with E-state index in [1.54, 1.807) is 0 Å². The molecule has 0 radical (unpaired) electrons. The van der Waals surface area contributed by atoms with Gasteiger partial charge in [0.05, 0.1) is 5.02 Å². The maximum absolute atomic E-state index is 12.8. The van der Waals surface area contributed by atoms with Gasteiger partial charge >= 0.3 is 0 Å². The van der Waals surface area contributed by atoms with E-state index in [2.05, 4.69) is 10.4 Å². The number of alkyl halides is 4. The molecule has 19 heavy (non-hydrogen) atoms. The standard InChI is InChI=1S/C10H10ClF4N3O/c11-6-7(9(12)13)17-18(8(6)10(14)15)3-5(19)16-4-1-2-4/h4,9-10H,1-3H2,(H,16,19). The first kappa shape index (κ1) is 14.1. The van der Waals surface area contributed by atoms with Gasteiger partial charge in [0.25, 0.3) is 12.9 Å². The van der Waals surface area contributed by atoms with Crippen molar-refractivity contribution in [2.24, 2.45) is 0 Å². The Labute approximate surface area is 110 Å². The van der Waals surface area contributed by atoms with Crippen LogP contribution in [0, 0.1) is 0 Å². The van der Waals surface area contributed by atoms with E-state index in [-0.39, 0.29) is 6.04 Å². The Balaban J connectivity index is 2.21. The number of rotatable bonds is 5. The third-order valence-corrected chi connectivity index (χ3v) is 2.99. The predicted octanol–water partition coefficient (Wildman–Crippen LogP) is 2.69. The van der Waals surface area contributed by atoms with Crippen LogP contribution in [-0.4, -0.2) is 21.7 Å². The molecule has 1 fully saturated rings. The van der Waals surface area contributed by atoms with Crippen LogP contribution >= 0.6 is 11.6 Å². The Morgan fingerprint density at radius 2 is 2.00 bits per heavy atom. The van der Waals surface area contributed by atoms with Crippen LogP contribution in [0.1, 0.15) is 37.1 Å². The number of nitrogens with one attached hydrogen (secondary N) is 1. The van der Waals surface area contributed by atoms with E-state index in [4.69, 9.17) is 11.6 Å². The molecule has 2 rings (SSSR count). The quantitative estimate of drug-likeness (QED) is 0.850. The molecule has 1 aromatic heterocycles. The van der Waals surface area contributed by atoms with Crippen molar-refractivity contribution < 1.29 is 22.4 Å². The average Bonchev–Trinajstić information content (AvgIpc) is 3.01. The zero-order chi connectivity index (χ0) is 14.2. The lowest BCUT2D eigenvalue weighted by atomic mass is 10.3. The SMILES string of the molecule is O=C(Cn1nc(C(F)F)c(Cl)c1C(F)F)NC1CC1. The van der Waals surface area contributed by atoms with Gasteiger partial charge in [-0.25, -0.2) is 17.6 Å². The summed E-state index contributed by atoms with van der Waals surface area (Å²) in [6.45, 7) is -0.553. The zero-order valence-corrected chi connectivity index (χ0v) is 10.3. The first-order valence-electron chi connectivity index (χ1n) is 5.52. The number of carbonyl (C=O) groups is 1. The fourth-order valence-electron chi connectivity index (χ4n) is 1.58. The maximum atomic E-state index is 12.8. The van der Waals surface area contributed by atoms with Crippen LogP contribution in [0.2, 0.25) is 5.02 Å². The summed E-state index contributed by atoms with van der Waals surface area (Å²) in [4.78, 5) is 11.5. The van der Waals surface area contributed by atoms with Crippen molar-refractivity contribution in [2.75, 3.05) is 0 Å². The minimum atomic E-state index is -3.08. The molecule has 1 heterocycles. The highest BCUT2D eigenvalue weighted by atomic mass is 35.5. The lowest BCUT2D eigenvalue weighted by Crippen LogP contribution is -2.30. The summed E-state index contributed by atoms with van der Waals surface area (Å²) in [5.41, 5.74) is -1.79. The molecule has 1 amide bonds. The molecule has 4 nitrogen and oxygen atoms in total. The smallest absolute Gasteiger partial charge is 0.283 e. The Morgan fingerprint density at radius 1 is 1.37 bits per heavy atom. The van der Waals surface area contributed by atoms with E-state index in [0.29, 0.717) is 4.68 Å². The lowest BCUT2D eigenvalue weighted by Gasteiger charge is -2.07. The van der Waals surface area contributed by atoms with E-state index in [1.165, 1.54) is 0 Å². The van der Waals surface area contributed by atoms with E-state index >= 15 is 0 Å². The normalized spacial score (nSPS) is 15.3. The summed E-state index contributed by atoms with van der Waals surface area (Å²) in [7, 11) is 0. The van der Waals surface area contributed by atoms with Crippen molar-refractivity contribution in [1.82, 2.24) is 15.1 Å². The molecule has 1 aromatic rings. The number of aromatic nitrogens is 2. The molecule has 0 spiro atoms. The van der Waals surface area contributed by atoms with Gasteiger partial charge in [0.15, 0.2) is 0 Å². The molecule has 1 N–H and O–H groups in total. The average molecular weight is 300 g/mol. The summed E-state index contributed by atoms with van der Waals surface area (Å²) in [6.07, 6.45) is -4.50. The van der Waals surface area contributed by atoms with E-state index in [9.17, 15) is 22.4 Å². The van der Waals surface area contributed by atoms with Crippen molar-refractivity contribution in [3.05, 3.63) is 16.4 Å². The summed E-state index contributed by atoms with van der Waals surface area (Å²) in [5, 5.41) is 5.06. The van der Waals surface area contributed by atoms with Gasteiger partial charge in [-0.2, -0.15) is 5.10 Å². The molecule has 106 valence electrons. The van der Waals surface area contributed by atoms with E-state index < -0.39 is 41.7 Å². The molecular formula is C10H10ClF4N3O. The Bertz CT molecular complexity index is 487. The third kappa shape index (κ3) is 3.17. The summed E-state index contributed by atoms with van der Waals surface area (Å²) < 4.78 is 51.1. The summed E-state index contributed by atoms with van der Waals surface area (Å²) in [5.74, 6) is -0.551. The number of amides is 1. The van der Waals surface area contributed by atoms with Gasteiger partial charge in [-0.1, -0.05) is 11.6 Å². The zero-order valence-electron chi connectivity index (χ0n) is 9.55. The van der Waals surface area contributed by atoms with E-state index in [0.717, 1.165) is 12.8 Å². The molecule has 1 saturated carbocycles. The van der Waals surface area contributed by atoms with Crippen LogP contribution in [0.4, 0.5) is 17.6 Å². The fraction of sp³-hybridized carbons (Fsp3) is 0.600. The molecule has 1 aliphatic rings. The first-order chi connectivity index (χ1) is 8.90. The van der Waals surface area contributed by atoms with Crippen molar-refractivity contribution in [3.63, 3.8) is 0 Å². The van der Waals surface area contributed by atoms with Crippen molar-refractivity contribution in [3.8, 4) is 0 Å². The minimum absolute atomic E-state index is 0.0445. The molecule has 0 aromatic carbocycles. The first-order valence-corrected chi connectivity index (χ1v) is 5.89. The van der Waals surface area contributed by atoms with Crippen LogP contribution in [0.25, 0.3) is 0 Å². The van der Waals surface area contributed by atoms with Crippen LogP contribution < -0.4 is 5.32 Å². The highest BCUT2D eigenvalue weighted by Crippen LogP contribution is 2.34. The monoisotopic (exact) mass is 299 g/mol. The highest BCUT2D eigenvalue weighted by Gasteiger charge is 2.29. The minimum Gasteiger partial charge on any atom is -0.352 e. The Hall–Kier alpha value is -1.31. The highest BCUT2D eigenvalue weighted by molar-refractivity contribution is 6.32. The predicted molar refractivity (Wildman–Crippen MR) is 58.3 cm³/mol. The second-order valence-corrected chi connectivity index (χ2v) is 4.56. The van der Waals surface area contributed by atoms with Gasteiger partial charge in [0.1, 0.15) is 17.9 Å². The topological polar surface area (TPSA) is 46.9 Å². The van der Waals surface area contributed by atoms with Crippen molar-refractivity contribution >= 4 is 17.5 Å². The van der Waals surface area contributed by atoms with Crippen molar-refractivity contribution in [2.45, 2.75) is 38.3 Å². The molecule has 0 unspecified atom stereocenters. The summed E-state index contributed by atoms with van der Waals surface area (Å²) in [6, 6.07) is 0.0445. The molecule has 0 aliphatic heterocycles. The molecule has 1 aliphatic carbocycles. The second kappa shape index (κ2) is 5.36. The fourth-order valence-corrected chi connectivity index (χ4v) is 1.88.